The van der Waals surface area contributed by atoms with E-state index in [-0.39, 0.29) is 30.2 Å². The van der Waals surface area contributed by atoms with Crippen LogP contribution in [0.15, 0.2) is 48.5 Å². The number of benzene rings is 2. The first kappa shape index (κ1) is 18.9. The fraction of sp³-hybridized carbons (Fsp3) is 0.333. The summed E-state index contributed by atoms with van der Waals surface area (Å²) in [5, 5.41) is 2.83. The molecule has 2 aromatic rings. The van der Waals surface area contributed by atoms with Crippen LogP contribution in [0.25, 0.3) is 0 Å². The quantitative estimate of drug-likeness (QED) is 0.849. The molecule has 2 amide bonds. The summed E-state index contributed by atoms with van der Waals surface area (Å²) in [5.41, 5.74) is 1.49. The molecule has 1 N–H and O–H groups in total. The molecule has 0 aromatic heterocycles. The van der Waals surface area contributed by atoms with Crippen LogP contribution < -0.4 is 15.0 Å². The first-order valence-corrected chi connectivity index (χ1v) is 9.02. The average Bonchev–Trinajstić information content (AvgIpc) is 3.03. The van der Waals surface area contributed by atoms with Crippen LogP contribution in [-0.2, 0) is 16.1 Å². The minimum absolute atomic E-state index is 0.0151. The van der Waals surface area contributed by atoms with Gasteiger partial charge in [0.2, 0.25) is 11.8 Å². The third-order valence-electron chi connectivity index (χ3n) is 4.39. The van der Waals surface area contributed by atoms with Crippen LogP contribution in [0.2, 0.25) is 0 Å². The van der Waals surface area contributed by atoms with Crippen molar-refractivity contribution in [2.75, 3.05) is 11.4 Å². The Morgan fingerprint density at radius 2 is 1.93 bits per heavy atom. The number of hydrogen-bond acceptors (Lipinski definition) is 3. The van der Waals surface area contributed by atoms with Crippen molar-refractivity contribution in [2.45, 2.75) is 32.9 Å². The van der Waals surface area contributed by atoms with E-state index in [1.165, 1.54) is 12.1 Å². The van der Waals surface area contributed by atoms with E-state index >= 15 is 0 Å². The molecule has 1 saturated heterocycles. The summed E-state index contributed by atoms with van der Waals surface area (Å²) < 4.78 is 18.7. The SMILES string of the molecule is CC(C)Oc1ccccc1N1CC(C(=O)NCc2ccc(F)cc2)CC1=O. The highest BCUT2D eigenvalue weighted by molar-refractivity contribution is 6.01. The molecule has 142 valence electrons. The lowest BCUT2D eigenvalue weighted by Gasteiger charge is -2.21. The molecule has 1 atom stereocenters. The van der Waals surface area contributed by atoms with Crippen molar-refractivity contribution in [2.24, 2.45) is 5.92 Å². The normalized spacial score (nSPS) is 16.7. The van der Waals surface area contributed by atoms with Gasteiger partial charge < -0.3 is 15.0 Å². The molecule has 0 bridgehead atoms. The fourth-order valence-corrected chi connectivity index (χ4v) is 3.09. The molecule has 0 radical (unpaired) electrons. The van der Waals surface area contributed by atoms with Crippen molar-refractivity contribution in [3.05, 3.63) is 59.9 Å². The van der Waals surface area contributed by atoms with Crippen LogP contribution in [0.4, 0.5) is 10.1 Å². The maximum absolute atomic E-state index is 12.9. The van der Waals surface area contributed by atoms with Gasteiger partial charge in [0.05, 0.1) is 17.7 Å². The zero-order valence-electron chi connectivity index (χ0n) is 15.4. The van der Waals surface area contributed by atoms with E-state index in [2.05, 4.69) is 5.32 Å². The number of anilines is 1. The van der Waals surface area contributed by atoms with E-state index in [1.54, 1.807) is 17.0 Å². The second kappa shape index (κ2) is 8.20. The summed E-state index contributed by atoms with van der Waals surface area (Å²) in [7, 11) is 0. The maximum atomic E-state index is 12.9. The Morgan fingerprint density at radius 3 is 2.63 bits per heavy atom. The Labute approximate surface area is 158 Å². The zero-order valence-corrected chi connectivity index (χ0v) is 15.4. The summed E-state index contributed by atoms with van der Waals surface area (Å²) in [6.07, 6.45) is 0.143. The number of amides is 2. The lowest BCUT2D eigenvalue weighted by atomic mass is 10.1. The number of para-hydroxylation sites is 2. The molecule has 1 aliphatic rings. The maximum Gasteiger partial charge on any atom is 0.227 e. The van der Waals surface area contributed by atoms with Gasteiger partial charge in [-0.15, -0.1) is 0 Å². The van der Waals surface area contributed by atoms with Gasteiger partial charge in [-0.05, 0) is 43.7 Å². The summed E-state index contributed by atoms with van der Waals surface area (Å²) in [6.45, 7) is 4.46. The van der Waals surface area contributed by atoms with Crippen molar-refractivity contribution in [3.8, 4) is 5.75 Å². The van der Waals surface area contributed by atoms with Crippen molar-refractivity contribution in [1.82, 2.24) is 5.32 Å². The topological polar surface area (TPSA) is 58.6 Å². The second-order valence-corrected chi connectivity index (χ2v) is 6.88. The lowest BCUT2D eigenvalue weighted by Crippen LogP contribution is -2.32. The van der Waals surface area contributed by atoms with Crippen LogP contribution in [0.1, 0.15) is 25.8 Å². The van der Waals surface area contributed by atoms with Gasteiger partial charge in [0.15, 0.2) is 0 Å². The van der Waals surface area contributed by atoms with Crippen LogP contribution in [0, 0.1) is 11.7 Å². The molecular weight excluding hydrogens is 347 g/mol. The Morgan fingerprint density at radius 1 is 1.22 bits per heavy atom. The number of carbonyl (C=O) groups excluding carboxylic acids is 2. The van der Waals surface area contributed by atoms with Crippen LogP contribution in [0.5, 0.6) is 5.75 Å². The number of carbonyl (C=O) groups is 2. The number of halogens is 1. The zero-order chi connectivity index (χ0) is 19.4. The fourth-order valence-electron chi connectivity index (χ4n) is 3.09. The summed E-state index contributed by atoms with van der Waals surface area (Å²) >= 11 is 0. The van der Waals surface area contributed by atoms with Crippen molar-refractivity contribution in [3.63, 3.8) is 0 Å². The largest absolute Gasteiger partial charge is 0.489 e. The molecule has 6 heteroatoms. The molecule has 27 heavy (non-hydrogen) atoms. The Hall–Kier alpha value is -2.89. The smallest absolute Gasteiger partial charge is 0.227 e. The molecule has 0 aliphatic carbocycles. The van der Waals surface area contributed by atoms with Crippen molar-refractivity contribution >= 4 is 17.5 Å². The first-order chi connectivity index (χ1) is 12.9. The predicted molar refractivity (Wildman–Crippen MR) is 101 cm³/mol. The number of nitrogens with zero attached hydrogens (tertiary/aromatic N) is 1. The Bertz CT molecular complexity index is 820. The molecule has 0 saturated carbocycles. The van der Waals surface area contributed by atoms with Gasteiger partial charge in [0.25, 0.3) is 0 Å². The average molecular weight is 370 g/mol. The summed E-state index contributed by atoms with van der Waals surface area (Å²) in [6, 6.07) is 13.3. The summed E-state index contributed by atoms with van der Waals surface area (Å²) in [5.74, 6) is -0.392. The van der Waals surface area contributed by atoms with Gasteiger partial charge in [-0.25, -0.2) is 4.39 Å². The molecule has 3 rings (SSSR count). The highest BCUT2D eigenvalue weighted by atomic mass is 19.1. The summed E-state index contributed by atoms with van der Waals surface area (Å²) in [4.78, 5) is 26.6. The number of nitrogens with one attached hydrogen (secondary N) is 1. The third-order valence-corrected chi connectivity index (χ3v) is 4.39. The van der Waals surface area contributed by atoms with Gasteiger partial charge in [0.1, 0.15) is 11.6 Å². The van der Waals surface area contributed by atoms with Gasteiger partial charge >= 0.3 is 0 Å². The molecule has 5 nitrogen and oxygen atoms in total. The first-order valence-electron chi connectivity index (χ1n) is 9.02. The molecule has 1 unspecified atom stereocenters. The van der Waals surface area contributed by atoms with Crippen LogP contribution in [-0.4, -0.2) is 24.5 Å². The number of hydrogen-bond donors (Lipinski definition) is 1. The van der Waals surface area contributed by atoms with Gasteiger partial charge in [-0.2, -0.15) is 0 Å². The highest BCUT2D eigenvalue weighted by Crippen LogP contribution is 2.33. The molecular formula is C21H23FN2O3. The Balaban J connectivity index is 1.65. The van der Waals surface area contributed by atoms with Crippen LogP contribution >= 0.6 is 0 Å². The Kier molecular flexibility index (Phi) is 5.74. The van der Waals surface area contributed by atoms with Crippen molar-refractivity contribution < 1.29 is 18.7 Å². The molecule has 2 aromatic carbocycles. The van der Waals surface area contributed by atoms with E-state index in [4.69, 9.17) is 4.74 Å². The van der Waals surface area contributed by atoms with E-state index in [0.29, 0.717) is 24.5 Å². The highest BCUT2D eigenvalue weighted by Gasteiger charge is 2.36. The monoisotopic (exact) mass is 370 g/mol. The number of rotatable bonds is 6. The molecule has 1 heterocycles. The van der Waals surface area contributed by atoms with Gasteiger partial charge in [-0.1, -0.05) is 24.3 Å². The van der Waals surface area contributed by atoms with Gasteiger partial charge in [-0.3, -0.25) is 9.59 Å². The van der Waals surface area contributed by atoms with Crippen molar-refractivity contribution in [1.29, 1.82) is 0 Å². The number of ether oxygens (including phenoxy) is 1. The molecule has 0 spiro atoms. The second-order valence-electron chi connectivity index (χ2n) is 6.88. The van der Waals surface area contributed by atoms with Crippen LogP contribution in [0.3, 0.4) is 0 Å². The van der Waals surface area contributed by atoms with Gasteiger partial charge in [0, 0.05) is 19.5 Å². The van der Waals surface area contributed by atoms with E-state index < -0.39 is 5.92 Å². The minimum Gasteiger partial charge on any atom is -0.489 e. The van der Waals surface area contributed by atoms with E-state index in [0.717, 1.165) is 5.56 Å². The molecule has 1 fully saturated rings. The van der Waals surface area contributed by atoms with E-state index in [9.17, 15) is 14.0 Å². The predicted octanol–water partition coefficient (Wildman–Crippen LogP) is 3.28. The lowest BCUT2D eigenvalue weighted by molar-refractivity contribution is -0.126. The van der Waals surface area contributed by atoms with E-state index in [1.807, 2.05) is 38.1 Å². The standard InChI is InChI=1S/C21H23FN2O3/c1-14(2)27-19-6-4-3-5-18(19)24-13-16(11-20(24)25)21(26)23-12-15-7-9-17(22)10-8-15/h3-10,14,16H,11-13H2,1-2H3,(H,23,26). The third kappa shape index (κ3) is 4.64. The minimum atomic E-state index is -0.426. The molecule has 1 aliphatic heterocycles.